The van der Waals surface area contributed by atoms with Gasteiger partial charge in [-0.1, -0.05) is 47.2 Å². The number of allylic oxidation sites excluding steroid dienone is 1. The Balaban J connectivity index is 1.53. The second-order valence-corrected chi connectivity index (χ2v) is 12.6. The van der Waals surface area contributed by atoms with E-state index >= 15 is 0 Å². The van der Waals surface area contributed by atoms with E-state index in [1.54, 1.807) is 32.4 Å². The minimum Gasteiger partial charge on any atom is -0.494 e. The predicted molar refractivity (Wildman–Crippen MR) is 181 cm³/mol. The molecule has 0 N–H and O–H groups in total. The zero-order valence-electron chi connectivity index (χ0n) is 27.6. The molecule has 1 aliphatic heterocycles. The zero-order valence-corrected chi connectivity index (χ0v) is 28.4. The molecule has 8 nitrogen and oxygen atoms in total. The fourth-order valence-electron chi connectivity index (χ4n) is 5.72. The topological polar surface area (TPSA) is 88.4 Å². The Labute approximate surface area is 273 Å². The van der Waals surface area contributed by atoms with Crippen molar-refractivity contribution >= 4 is 23.4 Å². The van der Waals surface area contributed by atoms with Crippen molar-refractivity contribution in [2.24, 2.45) is 4.99 Å². The molecule has 5 rings (SSSR count). The van der Waals surface area contributed by atoms with E-state index in [0.29, 0.717) is 51.1 Å². The second-order valence-electron chi connectivity index (χ2n) is 11.6. The largest absolute Gasteiger partial charge is 0.494 e. The van der Waals surface area contributed by atoms with Crippen LogP contribution in [0.1, 0.15) is 67.1 Å². The molecule has 1 atom stereocenters. The smallest absolute Gasteiger partial charge is 0.338 e. The molecule has 240 valence electrons. The average Bonchev–Trinajstić information content (AvgIpc) is 3.30. The molecule has 4 aromatic rings. The normalized spacial score (nSPS) is 14.6. The lowest BCUT2D eigenvalue weighted by Crippen LogP contribution is -2.40. The molecule has 0 aliphatic carbocycles. The van der Waals surface area contributed by atoms with Gasteiger partial charge >= 0.3 is 5.97 Å². The summed E-state index contributed by atoms with van der Waals surface area (Å²) in [5, 5.41) is 0. The Bertz CT molecular complexity index is 1960. The predicted octanol–water partition coefficient (Wildman–Crippen LogP) is 6.10. The number of ether oxygens (including phenoxy) is 4. The molecule has 0 amide bonds. The number of thiazole rings is 1. The van der Waals surface area contributed by atoms with Crippen molar-refractivity contribution < 1.29 is 23.7 Å². The number of methoxy groups -OCH3 is 1. The summed E-state index contributed by atoms with van der Waals surface area (Å²) in [5.41, 5.74) is 6.85. The summed E-state index contributed by atoms with van der Waals surface area (Å²) >= 11 is 1.27. The highest BCUT2D eigenvalue weighted by molar-refractivity contribution is 7.07. The summed E-state index contributed by atoms with van der Waals surface area (Å²) in [5.74, 6) is 1.38. The van der Waals surface area contributed by atoms with Crippen molar-refractivity contribution in [2.45, 2.75) is 67.2 Å². The van der Waals surface area contributed by atoms with Gasteiger partial charge in [0.15, 0.2) is 16.3 Å². The number of esters is 1. The third kappa shape index (κ3) is 6.79. The van der Waals surface area contributed by atoms with Gasteiger partial charge in [-0.05, 0) is 107 Å². The average molecular weight is 641 g/mol. The van der Waals surface area contributed by atoms with E-state index in [9.17, 15) is 9.59 Å². The zero-order chi connectivity index (χ0) is 33.1. The van der Waals surface area contributed by atoms with Crippen LogP contribution in [-0.4, -0.2) is 30.4 Å². The molecule has 0 fully saturated rings. The first-order valence-corrected chi connectivity index (χ1v) is 16.2. The van der Waals surface area contributed by atoms with Crippen molar-refractivity contribution in [2.75, 3.05) is 13.7 Å². The van der Waals surface area contributed by atoms with E-state index in [-0.39, 0.29) is 11.7 Å². The van der Waals surface area contributed by atoms with E-state index in [1.807, 2.05) is 55.5 Å². The van der Waals surface area contributed by atoms with Gasteiger partial charge in [0.25, 0.3) is 5.56 Å². The van der Waals surface area contributed by atoms with Gasteiger partial charge in [0.2, 0.25) is 0 Å². The first-order chi connectivity index (χ1) is 22.0. The molecular weight excluding hydrogens is 600 g/mol. The van der Waals surface area contributed by atoms with Gasteiger partial charge in [-0.3, -0.25) is 9.36 Å². The lowest BCUT2D eigenvalue weighted by atomic mass is 9.96. The molecule has 0 saturated heterocycles. The van der Waals surface area contributed by atoms with Crippen LogP contribution < -0.4 is 29.1 Å². The standard InChI is InChI=1S/C37H40N2O6S/c1-9-43-28-13-11-27(12-14-28)34-33(36(41)45-21(2)3)25(7)38-37-39(34)35(40)32(46-37)19-26-10-15-30(31(18-26)42-8)44-20-29-23(5)16-22(4)17-24(29)6/h10-19,21,34H,9,20H2,1-8H3/b32-19+/t34-/m1/s1. The maximum Gasteiger partial charge on any atom is 0.338 e. The third-order valence-electron chi connectivity index (χ3n) is 7.79. The van der Waals surface area contributed by atoms with Crippen LogP contribution in [0.15, 0.2) is 75.7 Å². The van der Waals surface area contributed by atoms with Crippen LogP contribution in [0.2, 0.25) is 0 Å². The first-order valence-electron chi connectivity index (χ1n) is 15.3. The molecule has 46 heavy (non-hydrogen) atoms. The number of nitrogens with zero attached hydrogens (tertiary/aromatic N) is 2. The fraction of sp³-hybridized carbons (Fsp3) is 0.324. The van der Waals surface area contributed by atoms with E-state index in [1.165, 1.54) is 28.0 Å². The second kappa shape index (κ2) is 13.8. The lowest BCUT2D eigenvalue weighted by Gasteiger charge is -2.25. The molecule has 0 bridgehead atoms. The number of hydrogen-bond donors (Lipinski definition) is 0. The van der Waals surface area contributed by atoms with Gasteiger partial charge < -0.3 is 18.9 Å². The Morgan fingerprint density at radius 2 is 1.67 bits per heavy atom. The number of aromatic nitrogens is 1. The van der Waals surface area contributed by atoms with E-state index in [2.05, 4.69) is 32.9 Å². The number of aryl methyl sites for hydroxylation is 3. The number of rotatable bonds is 10. The molecular formula is C37H40N2O6S. The highest BCUT2D eigenvalue weighted by Gasteiger charge is 2.33. The monoisotopic (exact) mass is 640 g/mol. The van der Waals surface area contributed by atoms with Crippen LogP contribution in [0.3, 0.4) is 0 Å². The maximum absolute atomic E-state index is 14.1. The number of carbonyl (C=O) groups excluding carboxylic acids is 1. The molecule has 0 radical (unpaired) electrons. The maximum atomic E-state index is 14.1. The number of hydrogen-bond acceptors (Lipinski definition) is 8. The van der Waals surface area contributed by atoms with Crippen LogP contribution >= 0.6 is 11.3 Å². The van der Waals surface area contributed by atoms with Crippen molar-refractivity contribution in [3.05, 3.63) is 119 Å². The van der Waals surface area contributed by atoms with Gasteiger partial charge in [-0.15, -0.1) is 0 Å². The Kier molecular flexibility index (Phi) is 9.82. The Morgan fingerprint density at radius 3 is 2.30 bits per heavy atom. The van der Waals surface area contributed by atoms with Gasteiger partial charge in [0.05, 0.1) is 41.7 Å². The highest BCUT2D eigenvalue weighted by atomic mass is 32.1. The highest BCUT2D eigenvalue weighted by Crippen LogP contribution is 2.33. The number of benzene rings is 3. The molecule has 0 spiro atoms. The minimum absolute atomic E-state index is 0.255. The summed E-state index contributed by atoms with van der Waals surface area (Å²) in [4.78, 5) is 32.6. The summed E-state index contributed by atoms with van der Waals surface area (Å²) in [6.07, 6.45) is 1.48. The van der Waals surface area contributed by atoms with Crippen LogP contribution in [0, 0.1) is 20.8 Å². The summed E-state index contributed by atoms with van der Waals surface area (Å²) in [6.45, 7) is 14.5. The van der Waals surface area contributed by atoms with Crippen LogP contribution in [0.4, 0.5) is 0 Å². The molecule has 2 heterocycles. The van der Waals surface area contributed by atoms with Crippen molar-refractivity contribution in [1.82, 2.24) is 4.57 Å². The van der Waals surface area contributed by atoms with Crippen molar-refractivity contribution in [1.29, 1.82) is 0 Å². The lowest BCUT2D eigenvalue weighted by molar-refractivity contribution is -0.143. The molecule has 9 heteroatoms. The number of fused-ring (bicyclic) bond motifs is 1. The molecule has 1 aliphatic rings. The van der Waals surface area contributed by atoms with E-state index in [4.69, 9.17) is 23.9 Å². The molecule has 1 aromatic heterocycles. The van der Waals surface area contributed by atoms with Crippen LogP contribution in [-0.2, 0) is 16.1 Å². The summed E-state index contributed by atoms with van der Waals surface area (Å²) in [6, 6.07) is 16.6. The molecule has 3 aromatic carbocycles. The van der Waals surface area contributed by atoms with Crippen LogP contribution in [0.25, 0.3) is 6.08 Å². The number of carbonyl (C=O) groups is 1. The molecule has 0 saturated carbocycles. The first kappa shape index (κ1) is 32.8. The summed E-state index contributed by atoms with van der Waals surface area (Å²) in [7, 11) is 1.60. The third-order valence-corrected chi connectivity index (χ3v) is 8.77. The van der Waals surface area contributed by atoms with Gasteiger partial charge in [0, 0.05) is 0 Å². The van der Waals surface area contributed by atoms with Crippen molar-refractivity contribution in [3.8, 4) is 17.2 Å². The fourth-order valence-corrected chi connectivity index (χ4v) is 6.77. The van der Waals surface area contributed by atoms with Gasteiger partial charge in [-0.2, -0.15) is 0 Å². The van der Waals surface area contributed by atoms with E-state index < -0.39 is 12.0 Å². The Hall–Kier alpha value is -4.63. The minimum atomic E-state index is -0.709. The quantitative estimate of drug-likeness (QED) is 0.195. The van der Waals surface area contributed by atoms with Gasteiger partial charge in [0.1, 0.15) is 12.4 Å². The van der Waals surface area contributed by atoms with Gasteiger partial charge in [-0.25, -0.2) is 9.79 Å². The summed E-state index contributed by atoms with van der Waals surface area (Å²) < 4.78 is 25.2. The van der Waals surface area contributed by atoms with Crippen molar-refractivity contribution in [3.63, 3.8) is 0 Å². The Morgan fingerprint density at radius 1 is 0.978 bits per heavy atom. The van der Waals surface area contributed by atoms with Crippen LogP contribution in [0.5, 0.6) is 17.2 Å². The SMILES string of the molecule is CCOc1ccc([C@@H]2C(C(=O)OC(C)C)=C(C)N=c3s/c(=C/c4ccc(OCc5c(C)cc(C)cc5C)c(OC)c4)c(=O)n32)cc1. The molecule has 0 unspecified atom stereocenters. The van der Waals surface area contributed by atoms with E-state index in [0.717, 1.165) is 16.7 Å².